The van der Waals surface area contributed by atoms with Crippen LogP contribution in [0.2, 0.25) is 0 Å². The highest BCUT2D eigenvalue weighted by Crippen LogP contribution is 2.38. The molecule has 0 radical (unpaired) electrons. The number of nitrogens with one attached hydrogen (secondary N) is 1. The van der Waals surface area contributed by atoms with Crippen molar-refractivity contribution < 1.29 is 18.3 Å². The summed E-state index contributed by atoms with van der Waals surface area (Å²) in [6.07, 6.45) is 2.41. The minimum atomic E-state index is -3.54. The molecular weight excluding hydrogens is 352 g/mol. The monoisotopic (exact) mass is 376 g/mol. The molecule has 1 aliphatic rings. The van der Waals surface area contributed by atoms with Gasteiger partial charge in [-0.15, -0.1) is 0 Å². The van der Waals surface area contributed by atoms with Crippen LogP contribution in [0.25, 0.3) is 0 Å². The van der Waals surface area contributed by atoms with Crippen LogP contribution < -0.4 is 9.46 Å². The fourth-order valence-electron chi connectivity index (χ4n) is 3.29. The molecule has 1 atom stereocenters. The van der Waals surface area contributed by atoms with E-state index < -0.39 is 16.1 Å². The lowest BCUT2D eigenvalue weighted by atomic mass is 9.76. The molecule has 1 saturated carbocycles. The Kier molecular flexibility index (Phi) is 5.60. The predicted octanol–water partition coefficient (Wildman–Crippen LogP) is 2.33. The van der Waals surface area contributed by atoms with Crippen molar-refractivity contribution in [3.05, 3.63) is 59.3 Å². The van der Waals surface area contributed by atoms with E-state index in [0.717, 1.165) is 16.7 Å². The highest BCUT2D eigenvalue weighted by molar-refractivity contribution is 7.88. The van der Waals surface area contributed by atoms with Crippen LogP contribution >= 0.6 is 0 Å². The number of ether oxygens (including phenoxy) is 1. The molecule has 2 N–H and O–H groups in total. The number of aryl methyl sites for hydroxylation is 1. The third-order valence-electron chi connectivity index (χ3n) is 4.69. The molecule has 1 aromatic carbocycles. The topological polar surface area (TPSA) is 88.5 Å². The van der Waals surface area contributed by atoms with Crippen LogP contribution in [0.5, 0.6) is 5.88 Å². The number of aromatic nitrogens is 1. The van der Waals surface area contributed by atoms with Gasteiger partial charge in [0, 0.05) is 12.3 Å². The molecule has 1 aliphatic carbocycles. The Bertz CT molecular complexity index is 846. The molecule has 1 heterocycles. The van der Waals surface area contributed by atoms with Crippen molar-refractivity contribution in [3.63, 3.8) is 0 Å². The quantitative estimate of drug-likeness (QED) is 0.774. The Balaban J connectivity index is 1.80. The first-order valence-corrected chi connectivity index (χ1v) is 10.2. The lowest BCUT2D eigenvalue weighted by Gasteiger charge is -2.38. The van der Waals surface area contributed by atoms with Gasteiger partial charge in [-0.2, -0.15) is 0 Å². The molecule has 1 fully saturated rings. The van der Waals surface area contributed by atoms with E-state index in [2.05, 4.69) is 9.71 Å². The van der Waals surface area contributed by atoms with Crippen molar-refractivity contribution in [1.82, 2.24) is 9.71 Å². The maximum Gasteiger partial charge on any atom is 0.216 e. The van der Waals surface area contributed by atoms with Gasteiger partial charge in [-0.05, 0) is 36.8 Å². The summed E-state index contributed by atoms with van der Waals surface area (Å²) in [6.45, 7) is 1.94. The summed E-state index contributed by atoms with van der Waals surface area (Å²) in [5.41, 5.74) is 2.55. The highest BCUT2D eigenvalue weighted by atomic mass is 32.2. The molecule has 26 heavy (non-hydrogen) atoms. The highest BCUT2D eigenvalue weighted by Gasteiger charge is 2.37. The van der Waals surface area contributed by atoms with Crippen LogP contribution in [0.3, 0.4) is 0 Å². The number of aliphatic hydroxyl groups excluding tert-OH is 1. The number of sulfonamides is 1. The van der Waals surface area contributed by atoms with Crippen LogP contribution in [0.1, 0.15) is 35.6 Å². The summed E-state index contributed by atoms with van der Waals surface area (Å²) in [7, 11) is -2.01. The van der Waals surface area contributed by atoms with E-state index in [1.165, 1.54) is 7.11 Å². The summed E-state index contributed by atoms with van der Waals surface area (Å²) in [5, 5.41) is 9.65. The molecule has 140 valence electrons. The second-order valence-electron chi connectivity index (χ2n) is 6.86. The van der Waals surface area contributed by atoms with Crippen LogP contribution in [-0.4, -0.2) is 31.7 Å². The molecule has 0 unspecified atom stereocenters. The van der Waals surface area contributed by atoms with Gasteiger partial charge in [0.15, 0.2) is 0 Å². The van der Waals surface area contributed by atoms with E-state index in [0.29, 0.717) is 18.7 Å². The third kappa shape index (κ3) is 4.60. The molecule has 7 heteroatoms. The van der Waals surface area contributed by atoms with E-state index in [-0.39, 0.29) is 17.8 Å². The van der Waals surface area contributed by atoms with Crippen LogP contribution in [0.4, 0.5) is 0 Å². The van der Waals surface area contributed by atoms with Crippen molar-refractivity contribution in [2.45, 2.75) is 37.7 Å². The predicted molar refractivity (Wildman–Crippen MR) is 99.2 cm³/mol. The molecule has 0 spiro atoms. The molecule has 0 amide bonds. The minimum Gasteiger partial charge on any atom is -0.481 e. The van der Waals surface area contributed by atoms with Gasteiger partial charge in [0.25, 0.3) is 0 Å². The SMILES string of the molecule is COc1ccc([C@@H](NS(=O)(=O)Cc2cccc(C)c2)C2CC(O)C2)cn1. The lowest BCUT2D eigenvalue weighted by Crippen LogP contribution is -2.41. The summed E-state index contributed by atoms with van der Waals surface area (Å²) < 4.78 is 33.3. The molecule has 0 aliphatic heterocycles. The molecule has 6 nitrogen and oxygen atoms in total. The number of aliphatic hydroxyl groups is 1. The first-order valence-electron chi connectivity index (χ1n) is 8.60. The second-order valence-corrected chi connectivity index (χ2v) is 8.62. The number of nitrogens with zero attached hydrogens (tertiary/aromatic N) is 1. The average Bonchev–Trinajstić information content (AvgIpc) is 2.57. The first kappa shape index (κ1) is 18.8. The molecular formula is C19H24N2O4S. The van der Waals surface area contributed by atoms with Gasteiger partial charge in [0.1, 0.15) is 0 Å². The standard InChI is InChI=1S/C19H24N2O4S/c1-13-4-3-5-14(8-13)12-26(23,24)21-19(16-9-17(22)10-16)15-6-7-18(25-2)20-11-15/h3-8,11,16-17,19,21-22H,9-10,12H2,1-2H3/t16?,17?,19-/m1/s1. The number of rotatable bonds is 7. The summed E-state index contributed by atoms with van der Waals surface area (Å²) in [5.74, 6) is 0.445. The van der Waals surface area contributed by atoms with Gasteiger partial charge in [0.2, 0.25) is 15.9 Å². The Hall–Kier alpha value is -1.96. The third-order valence-corrected chi connectivity index (χ3v) is 6.02. The fourth-order valence-corrected chi connectivity index (χ4v) is 4.71. The summed E-state index contributed by atoms with van der Waals surface area (Å²) >= 11 is 0. The molecule has 0 bridgehead atoms. The Morgan fingerprint density at radius 2 is 2.08 bits per heavy atom. The van der Waals surface area contributed by atoms with Gasteiger partial charge in [-0.25, -0.2) is 18.1 Å². The van der Waals surface area contributed by atoms with Gasteiger partial charge in [0.05, 0.1) is 25.0 Å². The first-order chi connectivity index (χ1) is 12.4. The molecule has 0 saturated heterocycles. The Morgan fingerprint density at radius 1 is 1.31 bits per heavy atom. The number of pyridine rings is 1. The largest absolute Gasteiger partial charge is 0.481 e. The van der Waals surface area contributed by atoms with Crippen molar-refractivity contribution >= 4 is 10.0 Å². The minimum absolute atomic E-state index is 0.0486. The van der Waals surface area contributed by atoms with Gasteiger partial charge < -0.3 is 9.84 Å². The van der Waals surface area contributed by atoms with Gasteiger partial charge >= 0.3 is 0 Å². The number of hydrogen-bond donors (Lipinski definition) is 2. The van der Waals surface area contributed by atoms with E-state index in [1.807, 2.05) is 37.3 Å². The fraction of sp³-hybridized carbons (Fsp3) is 0.421. The molecule has 2 aromatic rings. The van der Waals surface area contributed by atoms with E-state index in [4.69, 9.17) is 4.74 Å². The van der Waals surface area contributed by atoms with Crippen molar-refractivity contribution in [2.24, 2.45) is 5.92 Å². The zero-order valence-corrected chi connectivity index (χ0v) is 15.7. The van der Waals surface area contributed by atoms with Gasteiger partial charge in [-0.3, -0.25) is 0 Å². The number of methoxy groups -OCH3 is 1. The smallest absolute Gasteiger partial charge is 0.216 e. The van der Waals surface area contributed by atoms with E-state index in [1.54, 1.807) is 12.3 Å². The van der Waals surface area contributed by atoms with E-state index in [9.17, 15) is 13.5 Å². The zero-order valence-electron chi connectivity index (χ0n) is 14.9. The normalized spacial score (nSPS) is 21.0. The number of benzene rings is 1. The Labute approximate surface area is 154 Å². The van der Waals surface area contributed by atoms with Gasteiger partial charge in [-0.1, -0.05) is 35.9 Å². The number of hydrogen-bond acceptors (Lipinski definition) is 5. The molecule has 1 aromatic heterocycles. The van der Waals surface area contributed by atoms with Crippen LogP contribution in [0.15, 0.2) is 42.6 Å². The summed E-state index contributed by atoms with van der Waals surface area (Å²) in [4.78, 5) is 4.18. The van der Waals surface area contributed by atoms with Crippen molar-refractivity contribution in [1.29, 1.82) is 0 Å². The lowest BCUT2D eigenvalue weighted by molar-refractivity contribution is 0.0279. The maximum absolute atomic E-state index is 12.7. The van der Waals surface area contributed by atoms with Crippen molar-refractivity contribution in [3.8, 4) is 5.88 Å². The average molecular weight is 376 g/mol. The van der Waals surface area contributed by atoms with Crippen molar-refractivity contribution in [2.75, 3.05) is 7.11 Å². The summed E-state index contributed by atoms with van der Waals surface area (Å²) in [6, 6.07) is 10.6. The van der Waals surface area contributed by atoms with Crippen LogP contribution in [0, 0.1) is 12.8 Å². The Morgan fingerprint density at radius 3 is 2.65 bits per heavy atom. The van der Waals surface area contributed by atoms with Crippen LogP contribution in [-0.2, 0) is 15.8 Å². The van der Waals surface area contributed by atoms with E-state index >= 15 is 0 Å². The maximum atomic E-state index is 12.7. The zero-order chi connectivity index (χ0) is 18.7. The molecule has 3 rings (SSSR count). The second kappa shape index (κ2) is 7.73.